The van der Waals surface area contributed by atoms with E-state index in [-0.39, 0.29) is 5.91 Å². The van der Waals surface area contributed by atoms with Crippen molar-refractivity contribution in [3.05, 3.63) is 45.1 Å². The van der Waals surface area contributed by atoms with Gasteiger partial charge in [-0.15, -0.1) is 11.3 Å². The normalized spacial score (nSPS) is 10.4. The van der Waals surface area contributed by atoms with Crippen LogP contribution in [0.2, 0.25) is 5.02 Å². The second kappa shape index (κ2) is 9.05. The highest BCUT2D eigenvalue weighted by molar-refractivity contribution is 7.98. The summed E-state index contributed by atoms with van der Waals surface area (Å²) >= 11 is 9.65. The SMILES string of the molecule is COc1cc(C(=O)NCCSCc2cccs2)cc(Cl)c1OC. The Kier molecular flexibility index (Phi) is 7.08. The van der Waals surface area contributed by atoms with E-state index in [0.717, 1.165) is 11.5 Å². The number of amides is 1. The van der Waals surface area contributed by atoms with Gasteiger partial charge in [0.15, 0.2) is 11.5 Å². The monoisotopic (exact) mass is 371 g/mol. The molecule has 0 unspecified atom stereocenters. The fourth-order valence-electron chi connectivity index (χ4n) is 1.96. The number of thioether (sulfide) groups is 1. The molecular formula is C16H18ClNO3S2. The van der Waals surface area contributed by atoms with Crippen LogP contribution in [0.15, 0.2) is 29.6 Å². The maximum Gasteiger partial charge on any atom is 0.251 e. The Bertz CT molecular complexity index is 647. The maximum atomic E-state index is 12.2. The molecule has 0 radical (unpaired) electrons. The molecule has 1 N–H and O–H groups in total. The molecule has 0 aliphatic heterocycles. The minimum absolute atomic E-state index is 0.176. The van der Waals surface area contributed by atoms with Crippen molar-refractivity contribution < 1.29 is 14.3 Å². The van der Waals surface area contributed by atoms with Gasteiger partial charge in [-0.25, -0.2) is 0 Å². The van der Waals surface area contributed by atoms with Gasteiger partial charge >= 0.3 is 0 Å². The van der Waals surface area contributed by atoms with Crippen LogP contribution in [-0.2, 0) is 5.75 Å². The lowest BCUT2D eigenvalue weighted by molar-refractivity contribution is 0.0956. The van der Waals surface area contributed by atoms with Gasteiger partial charge in [0.05, 0.1) is 19.2 Å². The summed E-state index contributed by atoms with van der Waals surface area (Å²) in [7, 11) is 3.02. The molecule has 0 fully saturated rings. The van der Waals surface area contributed by atoms with E-state index in [1.54, 1.807) is 35.2 Å². The molecule has 0 aliphatic carbocycles. The number of rotatable bonds is 8. The summed E-state index contributed by atoms with van der Waals surface area (Å²) in [6, 6.07) is 7.36. The van der Waals surface area contributed by atoms with E-state index in [4.69, 9.17) is 21.1 Å². The number of carbonyl (C=O) groups excluding carboxylic acids is 1. The Morgan fingerprint density at radius 1 is 1.35 bits per heavy atom. The van der Waals surface area contributed by atoms with Gasteiger partial charge in [0.25, 0.3) is 5.91 Å². The topological polar surface area (TPSA) is 47.6 Å². The van der Waals surface area contributed by atoms with Crippen molar-refractivity contribution in [2.45, 2.75) is 5.75 Å². The van der Waals surface area contributed by atoms with Crippen LogP contribution >= 0.6 is 34.7 Å². The van der Waals surface area contributed by atoms with E-state index in [1.807, 2.05) is 6.07 Å². The number of nitrogens with one attached hydrogen (secondary N) is 1. The molecule has 23 heavy (non-hydrogen) atoms. The van der Waals surface area contributed by atoms with Crippen LogP contribution in [0.3, 0.4) is 0 Å². The van der Waals surface area contributed by atoms with Crippen LogP contribution in [0.4, 0.5) is 0 Å². The number of ether oxygens (including phenoxy) is 2. The van der Waals surface area contributed by atoms with Crippen molar-refractivity contribution in [2.24, 2.45) is 0 Å². The Balaban J connectivity index is 1.84. The summed E-state index contributed by atoms with van der Waals surface area (Å²) in [6.45, 7) is 0.598. The van der Waals surface area contributed by atoms with E-state index < -0.39 is 0 Å². The molecule has 0 aliphatic rings. The maximum absolute atomic E-state index is 12.2. The summed E-state index contributed by atoms with van der Waals surface area (Å²) in [4.78, 5) is 13.5. The lowest BCUT2D eigenvalue weighted by Crippen LogP contribution is -2.25. The molecule has 0 spiro atoms. The van der Waals surface area contributed by atoms with Crippen molar-refractivity contribution in [3.63, 3.8) is 0 Å². The highest BCUT2D eigenvalue weighted by Crippen LogP contribution is 2.35. The van der Waals surface area contributed by atoms with Crippen LogP contribution in [-0.4, -0.2) is 32.4 Å². The number of benzene rings is 1. The first kappa shape index (κ1) is 18.0. The summed E-state index contributed by atoms with van der Waals surface area (Å²) in [5, 5.41) is 5.30. The molecular weight excluding hydrogens is 354 g/mol. The largest absolute Gasteiger partial charge is 0.493 e. The van der Waals surface area contributed by atoms with Gasteiger partial charge in [-0.1, -0.05) is 17.7 Å². The molecule has 1 aromatic carbocycles. The smallest absolute Gasteiger partial charge is 0.251 e. The number of thiophene rings is 1. The predicted molar refractivity (Wildman–Crippen MR) is 97.4 cm³/mol. The van der Waals surface area contributed by atoms with Crippen molar-refractivity contribution in [2.75, 3.05) is 26.5 Å². The van der Waals surface area contributed by atoms with Crippen molar-refractivity contribution in [1.29, 1.82) is 0 Å². The van der Waals surface area contributed by atoms with Crippen LogP contribution < -0.4 is 14.8 Å². The molecule has 1 heterocycles. The number of hydrogen-bond donors (Lipinski definition) is 1. The van der Waals surface area contributed by atoms with E-state index >= 15 is 0 Å². The van der Waals surface area contributed by atoms with E-state index in [9.17, 15) is 4.79 Å². The van der Waals surface area contributed by atoms with Crippen molar-refractivity contribution >= 4 is 40.6 Å². The number of carbonyl (C=O) groups is 1. The summed E-state index contributed by atoms with van der Waals surface area (Å²) < 4.78 is 10.4. The lowest BCUT2D eigenvalue weighted by Gasteiger charge is -2.12. The number of methoxy groups -OCH3 is 2. The Labute approximate surface area is 149 Å². The van der Waals surface area contributed by atoms with Crippen LogP contribution in [0.25, 0.3) is 0 Å². The van der Waals surface area contributed by atoms with Gasteiger partial charge in [-0.05, 0) is 23.6 Å². The van der Waals surface area contributed by atoms with Gasteiger partial charge in [-0.2, -0.15) is 11.8 Å². The highest BCUT2D eigenvalue weighted by atomic mass is 35.5. The van der Waals surface area contributed by atoms with E-state index in [1.165, 1.54) is 19.1 Å². The number of hydrogen-bond acceptors (Lipinski definition) is 5. The molecule has 7 heteroatoms. The van der Waals surface area contributed by atoms with Crippen LogP contribution in [0, 0.1) is 0 Å². The van der Waals surface area contributed by atoms with E-state index in [0.29, 0.717) is 28.6 Å². The predicted octanol–water partition coefficient (Wildman–Crippen LogP) is 4.08. The van der Waals surface area contributed by atoms with Crippen LogP contribution in [0.1, 0.15) is 15.2 Å². The molecule has 124 valence electrons. The first-order valence-electron chi connectivity index (χ1n) is 6.95. The minimum Gasteiger partial charge on any atom is -0.493 e. The van der Waals surface area contributed by atoms with Gasteiger partial charge in [0.2, 0.25) is 0 Å². The van der Waals surface area contributed by atoms with E-state index in [2.05, 4.69) is 16.8 Å². The highest BCUT2D eigenvalue weighted by Gasteiger charge is 2.14. The first-order chi connectivity index (χ1) is 11.2. The second-order valence-corrected chi connectivity index (χ2v) is 7.13. The zero-order valence-electron chi connectivity index (χ0n) is 12.9. The molecule has 4 nitrogen and oxygen atoms in total. The first-order valence-corrected chi connectivity index (χ1v) is 9.36. The van der Waals surface area contributed by atoms with Gasteiger partial charge < -0.3 is 14.8 Å². The molecule has 0 bridgehead atoms. The molecule has 1 amide bonds. The molecule has 2 aromatic rings. The summed E-state index contributed by atoms with van der Waals surface area (Å²) in [5.74, 6) is 2.51. The van der Waals surface area contributed by atoms with Gasteiger partial charge in [-0.3, -0.25) is 4.79 Å². The Hall–Kier alpha value is -1.37. The fraction of sp³-hybridized carbons (Fsp3) is 0.312. The Morgan fingerprint density at radius 2 is 2.17 bits per heavy atom. The zero-order chi connectivity index (χ0) is 16.7. The van der Waals surface area contributed by atoms with Gasteiger partial charge in [0, 0.05) is 28.5 Å². The van der Waals surface area contributed by atoms with Crippen LogP contribution in [0.5, 0.6) is 11.5 Å². The average molecular weight is 372 g/mol. The third-order valence-electron chi connectivity index (χ3n) is 3.05. The second-order valence-electron chi connectivity index (χ2n) is 4.58. The molecule has 0 atom stereocenters. The molecule has 0 saturated carbocycles. The van der Waals surface area contributed by atoms with Crippen molar-refractivity contribution in [1.82, 2.24) is 5.32 Å². The molecule has 1 aromatic heterocycles. The quantitative estimate of drug-likeness (QED) is 0.710. The number of halogens is 1. The van der Waals surface area contributed by atoms with Crippen molar-refractivity contribution in [3.8, 4) is 11.5 Å². The summed E-state index contributed by atoms with van der Waals surface area (Å²) in [6.07, 6.45) is 0. The Morgan fingerprint density at radius 3 is 2.83 bits per heavy atom. The molecule has 2 rings (SSSR count). The third kappa shape index (κ3) is 5.06. The summed E-state index contributed by atoms with van der Waals surface area (Å²) in [5.41, 5.74) is 0.455. The zero-order valence-corrected chi connectivity index (χ0v) is 15.3. The van der Waals surface area contributed by atoms with Gasteiger partial charge in [0.1, 0.15) is 0 Å². The fourth-order valence-corrected chi connectivity index (χ4v) is 3.94. The molecule has 0 saturated heterocycles. The standard InChI is InChI=1S/C16H18ClNO3S2/c1-20-14-9-11(8-13(17)15(14)21-2)16(19)18-5-7-22-10-12-4-3-6-23-12/h3-4,6,8-9H,5,7,10H2,1-2H3,(H,18,19). The third-order valence-corrected chi connectivity index (χ3v) is 5.40. The minimum atomic E-state index is -0.176. The average Bonchev–Trinajstić information content (AvgIpc) is 3.06. The lowest BCUT2D eigenvalue weighted by atomic mass is 10.2.